The van der Waals surface area contributed by atoms with Crippen LogP contribution in [-0.4, -0.2) is 29.5 Å². The van der Waals surface area contributed by atoms with Crippen LogP contribution in [0.5, 0.6) is 11.5 Å². The van der Waals surface area contributed by atoms with E-state index in [0.29, 0.717) is 34.9 Å². The van der Waals surface area contributed by atoms with Gasteiger partial charge in [0.15, 0.2) is 0 Å². The van der Waals surface area contributed by atoms with Crippen molar-refractivity contribution in [2.45, 2.75) is 32.9 Å². The van der Waals surface area contributed by atoms with Gasteiger partial charge in [-0.1, -0.05) is 54.6 Å². The molecule has 1 amide bonds. The molecule has 1 atom stereocenters. The number of rotatable bonds is 7. The molecule has 0 spiro atoms. The van der Waals surface area contributed by atoms with Crippen molar-refractivity contribution in [3.63, 3.8) is 0 Å². The fourth-order valence-electron chi connectivity index (χ4n) is 4.89. The van der Waals surface area contributed by atoms with E-state index >= 15 is 0 Å². The van der Waals surface area contributed by atoms with Crippen molar-refractivity contribution in [2.24, 2.45) is 0 Å². The van der Waals surface area contributed by atoms with Crippen LogP contribution in [0.4, 0.5) is 5.69 Å². The zero-order chi connectivity index (χ0) is 26.8. The van der Waals surface area contributed by atoms with E-state index in [1.807, 2.05) is 81.4 Å². The van der Waals surface area contributed by atoms with Gasteiger partial charge in [-0.15, -0.1) is 0 Å². The van der Waals surface area contributed by atoms with E-state index in [4.69, 9.17) is 9.47 Å². The molecule has 38 heavy (non-hydrogen) atoms. The van der Waals surface area contributed by atoms with Crippen LogP contribution < -0.4 is 14.4 Å². The molecule has 0 saturated carbocycles. The Bertz CT molecular complexity index is 1530. The lowest BCUT2D eigenvalue weighted by Crippen LogP contribution is -2.29. The van der Waals surface area contributed by atoms with Gasteiger partial charge in [-0.25, -0.2) is 0 Å². The molecule has 6 nitrogen and oxygen atoms in total. The summed E-state index contributed by atoms with van der Waals surface area (Å²) in [6.07, 6.45) is -0.0570. The maximum atomic E-state index is 13.6. The number of carbonyl (C=O) groups is 2. The first-order chi connectivity index (χ1) is 18.4. The minimum Gasteiger partial charge on any atom is -0.507 e. The van der Waals surface area contributed by atoms with Gasteiger partial charge in [0.25, 0.3) is 11.7 Å². The molecule has 0 aliphatic carbocycles. The third-order valence-electron chi connectivity index (χ3n) is 6.46. The summed E-state index contributed by atoms with van der Waals surface area (Å²) in [6.45, 7) is 6.27. The normalized spacial score (nSPS) is 16.8. The lowest BCUT2D eigenvalue weighted by molar-refractivity contribution is -0.132. The average molecular weight is 508 g/mol. The van der Waals surface area contributed by atoms with E-state index in [2.05, 4.69) is 0 Å². The van der Waals surface area contributed by atoms with Gasteiger partial charge in [-0.2, -0.15) is 0 Å². The van der Waals surface area contributed by atoms with Crippen molar-refractivity contribution in [3.8, 4) is 11.5 Å². The lowest BCUT2D eigenvalue weighted by Gasteiger charge is -2.26. The minimum absolute atomic E-state index is 0.0296. The number of ether oxygens (including phenoxy) is 2. The van der Waals surface area contributed by atoms with Crippen LogP contribution in [0.2, 0.25) is 0 Å². The highest BCUT2D eigenvalue weighted by Gasteiger charge is 2.47. The quantitative estimate of drug-likeness (QED) is 0.172. The van der Waals surface area contributed by atoms with Crippen LogP contribution in [0.25, 0.3) is 16.5 Å². The number of carbonyl (C=O) groups excluding carboxylic acids is 2. The fraction of sp³-hybridized carbons (Fsp3) is 0.188. The molecule has 4 aromatic rings. The molecule has 1 saturated heterocycles. The van der Waals surface area contributed by atoms with Crippen molar-refractivity contribution in [1.82, 2.24) is 0 Å². The van der Waals surface area contributed by atoms with E-state index < -0.39 is 17.7 Å². The standard InChI is InChI=1S/C32H29NO5/c1-4-37-24-17-15-23(16-18-24)33-29(22-11-7-12-25(19-22)38-20(2)3)28(31(35)32(33)36)30(34)27-14-8-10-21-9-5-6-13-26(21)27/h5-20,29,34H,4H2,1-3H3/b30-28-. The Morgan fingerprint density at radius 2 is 1.61 bits per heavy atom. The van der Waals surface area contributed by atoms with E-state index in [1.54, 1.807) is 30.3 Å². The van der Waals surface area contributed by atoms with Gasteiger partial charge in [-0.3, -0.25) is 14.5 Å². The number of Topliss-reactive ketones (excluding diaryl/α,β-unsaturated/α-hetero) is 1. The van der Waals surface area contributed by atoms with Gasteiger partial charge in [0.05, 0.1) is 24.3 Å². The highest BCUT2D eigenvalue weighted by molar-refractivity contribution is 6.51. The Labute approximate surface area is 221 Å². The highest BCUT2D eigenvalue weighted by atomic mass is 16.5. The van der Waals surface area contributed by atoms with Gasteiger partial charge in [0, 0.05) is 11.3 Å². The number of hydrogen-bond acceptors (Lipinski definition) is 5. The molecule has 192 valence electrons. The van der Waals surface area contributed by atoms with Crippen molar-refractivity contribution in [3.05, 3.63) is 108 Å². The summed E-state index contributed by atoms with van der Waals surface area (Å²) in [5, 5.41) is 13.4. The maximum Gasteiger partial charge on any atom is 0.300 e. The molecule has 5 rings (SSSR count). The smallest absolute Gasteiger partial charge is 0.300 e. The van der Waals surface area contributed by atoms with Crippen molar-refractivity contribution < 1.29 is 24.2 Å². The van der Waals surface area contributed by atoms with Crippen LogP contribution in [0.3, 0.4) is 0 Å². The van der Waals surface area contributed by atoms with Gasteiger partial charge in [0.2, 0.25) is 0 Å². The number of ketones is 1. The Morgan fingerprint density at radius 3 is 2.34 bits per heavy atom. The van der Waals surface area contributed by atoms with Crippen molar-refractivity contribution in [1.29, 1.82) is 0 Å². The van der Waals surface area contributed by atoms with E-state index in [0.717, 1.165) is 10.8 Å². The number of hydrogen-bond donors (Lipinski definition) is 1. The number of aliphatic hydroxyl groups is 1. The molecular formula is C32H29NO5. The van der Waals surface area contributed by atoms with Crippen LogP contribution in [0, 0.1) is 0 Å². The summed E-state index contributed by atoms with van der Waals surface area (Å²) in [7, 11) is 0. The second kappa shape index (κ2) is 10.4. The Kier molecular flexibility index (Phi) is 6.88. The SMILES string of the molecule is CCOc1ccc(N2C(=O)C(=O)/C(=C(\O)c3cccc4ccccc34)C2c2cccc(OC(C)C)c2)cc1. The van der Waals surface area contributed by atoms with Gasteiger partial charge < -0.3 is 14.6 Å². The number of nitrogens with zero attached hydrogens (tertiary/aromatic N) is 1. The highest BCUT2D eigenvalue weighted by Crippen LogP contribution is 2.44. The molecule has 0 aromatic heterocycles. The number of benzene rings is 4. The predicted octanol–water partition coefficient (Wildman–Crippen LogP) is 6.65. The third kappa shape index (κ3) is 4.61. The molecule has 1 heterocycles. The summed E-state index contributed by atoms with van der Waals surface area (Å²) in [5.74, 6) is -0.401. The first-order valence-corrected chi connectivity index (χ1v) is 12.7. The van der Waals surface area contributed by atoms with E-state index in [9.17, 15) is 14.7 Å². The topological polar surface area (TPSA) is 76.1 Å². The molecule has 4 aromatic carbocycles. The molecule has 0 bridgehead atoms. The minimum atomic E-state index is -0.859. The Balaban J connectivity index is 1.72. The first-order valence-electron chi connectivity index (χ1n) is 12.7. The van der Waals surface area contributed by atoms with Crippen molar-refractivity contribution >= 4 is 33.9 Å². The van der Waals surface area contributed by atoms with Gasteiger partial charge >= 0.3 is 0 Å². The molecule has 6 heteroatoms. The molecule has 1 unspecified atom stereocenters. The second-order valence-corrected chi connectivity index (χ2v) is 9.36. The predicted molar refractivity (Wildman–Crippen MR) is 149 cm³/mol. The lowest BCUT2D eigenvalue weighted by atomic mass is 9.93. The largest absolute Gasteiger partial charge is 0.507 e. The number of amides is 1. The molecule has 1 aliphatic heterocycles. The van der Waals surface area contributed by atoms with Crippen molar-refractivity contribution in [2.75, 3.05) is 11.5 Å². The van der Waals surface area contributed by atoms with Crippen LogP contribution in [0.15, 0.2) is 96.6 Å². The Hall–Kier alpha value is -4.58. The zero-order valence-corrected chi connectivity index (χ0v) is 21.5. The first kappa shape index (κ1) is 25.1. The number of aliphatic hydroxyl groups excluding tert-OH is 1. The van der Waals surface area contributed by atoms with E-state index in [1.165, 1.54) is 4.90 Å². The molecule has 1 N–H and O–H groups in total. The monoisotopic (exact) mass is 507 g/mol. The number of fused-ring (bicyclic) bond motifs is 1. The molecule has 1 aliphatic rings. The fourth-order valence-corrected chi connectivity index (χ4v) is 4.89. The summed E-state index contributed by atoms with van der Waals surface area (Å²) in [6, 6.07) is 26.6. The maximum absolute atomic E-state index is 13.6. The van der Waals surface area contributed by atoms with Gasteiger partial charge in [0.1, 0.15) is 17.3 Å². The second-order valence-electron chi connectivity index (χ2n) is 9.36. The summed E-state index contributed by atoms with van der Waals surface area (Å²) >= 11 is 0. The molecule has 1 fully saturated rings. The van der Waals surface area contributed by atoms with Crippen LogP contribution in [-0.2, 0) is 9.59 Å². The number of anilines is 1. The van der Waals surface area contributed by atoms with E-state index in [-0.39, 0.29) is 17.4 Å². The van der Waals surface area contributed by atoms with Crippen LogP contribution >= 0.6 is 0 Å². The summed E-state index contributed by atoms with van der Waals surface area (Å²) in [4.78, 5) is 28.6. The molecular weight excluding hydrogens is 478 g/mol. The average Bonchev–Trinajstić information content (AvgIpc) is 3.18. The van der Waals surface area contributed by atoms with Crippen LogP contribution in [0.1, 0.15) is 37.9 Å². The third-order valence-corrected chi connectivity index (χ3v) is 6.46. The summed E-state index contributed by atoms with van der Waals surface area (Å²) < 4.78 is 11.5. The molecule has 0 radical (unpaired) electrons. The van der Waals surface area contributed by atoms with Gasteiger partial charge in [-0.05, 0) is 73.5 Å². The summed E-state index contributed by atoms with van der Waals surface area (Å²) in [5.41, 5.74) is 1.69. The zero-order valence-electron chi connectivity index (χ0n) is 21.5. The Morgan fingerprint density at radius 1 is 0.895 bits per heavy atom.